The summed E-state index contributed by atoms with van der Waals surface area (Å²) < 4.78 is 0. The van der Waals surface area contributed by atoms with Gasteiger partial charge in [-0.2, -0.15) is 0 Å². The molecule has 0 spiro atoms. The van der Waals surface area contributed by atoms with Gasteiger partial charge < -0.3 is 16.4 Å². The molecule has 0 saturated heterocycles. The fraction of sp³-hybridized carbons (Fsp3) is 0.333. The van der Waals surface area contributed by atoms with Crippen LogP contribution in [0.15, 0.2) is 42.5 Å². The summed E-state index contributed by atoms with van der Waals surface area (Å²) >= 11 is 0. The van der Waals surface area contributed by atoms with Crippen molar-refractivity contribution in [3.8, 4) is 0 Å². The molecule has 0 aliphatic rings. The number of rotatable bonds is 7. The Morgan fingerprint density at radius 2 is 1.72 bits per heavy atom. The molecule has 2 aromatic carbocycles. The first kappa shape index (κ1) is 12.9. The molecule has 4 N–H and O–H groups in total. The number of anilines is 1. The van der Waals surface area contributed by atoms with Crippen LogP contribution in [0, 0.1) is 0 Å². The van der Waals surface area contributed by atoms with Crippen molar-refractivity contribution < 1.29 is 0 Å². The lowest BCUT2D eigenvalue weighted by Crippen LogP contribution is -2.24. The Hall–Kier alpha value is -1.58. The summed E-state index contributed by atoms with van der Waals surface area (Å²) in [5.74, 6) is 0. The molecule has 0 unspecified atom stereocenters. The minimum atomic E-state index is 0.754. The molecule has 0 fully saturated rings. The molecule has 0 bridgehead atoms. The van der Waals surface area contributed by atoms with Crippen LogP contribution < -0.4 is 16.4 Å². The zero-order valence-electron chi connectivity index (χ0n) is 10.7. The highest BCUT2D eigenvalue weighted by molar-refractivity contribution is 5.93. The predicted octanol–water partition coefficient (Wildman–Crippen LogP) is 2.19. The monoisotopic (exact) mass is 243 g/mol. The van der Waals surface area contributed by atoms with Gasteiger partial charge in [0, 0.05) is 24.2 Å². The Labute approximate surface area is 108 Å². The highest BCUT2D eigenvalue weighted by atomic mass is 14.9. The van der Waals surface area contributed by atoms with Gasteiger partial charge in [0.2, 0.25) is 0 Å². The molecule has 0 aliphatic heterocycles. The van der Waals surface area contributed by atoms with Gasteiger partial charge in [-0.25, -0.2) is 0 Å². The molecule has 0 aromatic heterocycles. The van der Waals surface area contributed by atoms with E-state index in [9.17, 15) is 0 Å². The molecule has 18 heavy (non-hydrogen) atoms. The molecule has 3 heteroatoms. The molecule has 2 rings (SSSR count). The Morgan fingerprint density at radius 3 is 2.61 bits per heavy atom. The minimum absolute atomic E-state index is 0.754. The lowest BCUT2D eigenvalue weighted by molar-refractivity contribution is 0.667. The zero-order chi connectivity index (χ0) is 12.6. The Morgan fingerprint density at radius 1 is 0.889 bits per heavy atom. The molecular weight excluding hydrogens is 222 g/mol. The lowest BCUT2D eigenvalue weighted by Gasteiger charge is -2.10. The average Bonchev–Trinajstić information content (AvgIpc) is 2.43. The van der Waals surface area contributed by atoms with E-state index >= 15 is 0 Å². The van der Waals surface area contributed by atoms with Gasteiger partial charge in [-0.05, 0) is 31.0 Å². The second-order valence-electron chi connectivity index (χ2n) is 4.35. The summed E-state index contributed by atoms with van der Waals surface area (Å²) in [7, 11) is 0. The summed E-state index contributed by atoms with van der Waals surface area (Å²) in [4.78, 5) is 0. The van der Waals surface area contributed by atoms with Crippen molar-refractivity contribution in [3.63, 3.8) is 0 Å². The molecule has 0 heterocycles. The van der Waals surface area contributed by atoms with Gasteiger partial charge >= 0.3 is 0 Å². The third-order valence-corrected chi connectivity index (χ3v) is 2.96. The third-order valence-electron chi connectivity index (χ3n) is 2.96. The molecule has 2 aromatic rings. The van der Waals surface area contributed by atoms with Gasteiger partial charge in [-0.1, -0.05) is 36.4 Å². The second-order valence-corrected chi connectivity index (χ2v) is 4.35. The van der Waals surface area contributed by atoms with Crippen molar-refractivity contribution in [1.29, 1.82) is 0 Å². The van der Waals surface area contributed by atoms with E-state index in [2.05, 4.69) is 53.1 Å². The molecule has 96 valence electrons. The molecular formula is C15H21N3. The SMILES string of the molecule is NCCCNCCNc1cccc2ccccc12. The first-order valence-electron chi connectivity index (χ1n) is 6.54. The van der Waals surface area contributed by atoms with Crippen LogP contribution in [0.2, 0.25) is 0 Å². The number of nitrogens with two attached hydrogens (primary N) is 1. The standard InChI is InChI=1S/C15H21N3/c16-9-4-10-17-11-12-18-15-8-3-6-13-5-1-2-7-14(13)15/h1-3,5-8,17-18H,4,9-12,16H2. The lowest BCUT2D eigenvalue weighted by atomic mass is 10.1. The first-order valence-corrected chi connectivity index (χ1v) is 6.54. The number of benzene rings is 2. The average molecular weight is 243 g/mol. The van der Waals surface area contributed by atoms with E-state index in [1.165, 1.54) is 16.5 Å². The van der Waals surface area contributed by atoms with Gasteiger partial charge in [0.05, 0.1) is 0 Å². The maximum Gasteiger partial charge on any atom is 0.0420 e. The van der Waals surface area contributed by atoms with Crippen LogP contribution in [0.3, 0.4) is 0 Å². The third kappa shape index (κ3) is 3.45. The van der Waals surface area contributed by atoms with Crippen LogP contribution in [-0.4, -0.2) is 26.2 Å². The van der Waals surface area contributed by atoms with E-state index in [0.717, 1.165) is 32.6 Å². The van der Waals surface area contributed by atoms with Crippen LogP contribution in [0.4, 0.5) is 5.69 Å². The second kappa shape index (κ2) is 6.99. The van der Waals surface area contributed by atoms with E-state index in [0.29, 0.717) is 0 Å². The number of hydrogen-bond donors (Lipinski definition) is 3. The summed E-state index contributed by atoms with van der Waals surface area (Å²) in [6.07, 6.45) is 1.04. The fourth-order valence-electron chi connectivity index (χ4n) is 2.02. The highest BCUT2D eigenvalue weighted by Gasteiger charge is 1.98. The van der Waals surface area contributed by atoms with Gasteiger partial charge in [0.15, 0.2) is 0 Å². The van der Waals surface area contributed by atoms with E-state index in [-0.39, 0.29) is 0 Å². The highest BCUT2D eigenvalue weighted by Crippen LogP contribution is 2.22. The normalized spacial score (nSPS) is 10.7. The Kier molecular flexibility index (Phi) is 5.00. The molecule has 0 aliphatic carbocycles. The van der Waals surface area contributed by atoms with Crippen LogP contribution in [0.5, 0.6) is 0 Å². The van der Waals surface area contributed by atoms with Crippen LogP contribution in [0.25, 0.3) is 10.8 Å². The summed E-state index contributed by atoms with van der Waals surface area (Å²) in [6.45, 7) is 3.64. The smallest absolute Gasteiger partial charge is 0.0420 e. The zero-order valence-corrected chi connectivity index (χ0v) is 10.7. The first-order chi connectivity index (χ1) is 8.92. The number of nitrogens with one attached hydrogen (secondary N) is 2. The van der Waals surface area contributed by atoms with Crippen LogP contribution in [0.1, 0.15) is 6.42 Å². The summed E-state index contributed by atoms with van der Waals surface area (Å²) in [5, 5.41) is 9.39. The van der Waals surface area contributed by atoms with E-state index in [1.54, 1.807) is 0 Å². The van der Waals surface area contributed by atoms with Gasteiger partial charge in [0.25, 0.3) is 0 Å². The number of fused-ring (bicyclic) bond motifs is 1. The minimum Gasteiger partial charge on any atom is -0.383 e. The van der Waals surface area contributed by atoms with Crippen LogP contribution in [-0.2, 0) is 0 Å². The molecule has 0 amide bonds. The maximum absolute atomic E-state index is 5.44. The molecule has 0 saturated carbocycles. The quantitative estimate of drug-likeness (QED) is 0.653. The topological polar surface area (TPSA) is 50.1 Å². The maximum atomic E-state index is 5.44. The van der Waals surface area contributed by atoms with Crippen molar-refractivity contribution in [2.75, 3.05) is 31.5 Å². The molecule has 0 atom stereocenters. The van der Waals surface area contributed by atoms with Crippen molar-refractivity contribution >= 4 is 16.5 Å². The summed E-state index contributed by atoms with van der Waals surface area (Å²) in [6, 6.07) is 14.8. The predicted molar refractivity (Wildman–Crippen MR) is 79.0 cm³/mol. The van der Waals surface area contributed by atoms with Crippen molar-refractivity contribution in [2.24, 2.45) is 5.73 Å². The fourth-order valence-corrected chi connectivity index (χ4v) is 2.02. The van der Waals surface area contributed by atoms with Gasteiger partial charge in [-0.3, -0.25) is 0 Å². The van der Waals surface area contributed by atoms with E-state index < -0.39 is 0 Å². The molecule has 0 radical (unpaired) electrons. The van der Waals surface area contributed by atoms with Crippen molar-refractivity contribution in [1.82, 2.24) is 5.32 Å². The summed E-state index contributed by atoms with van der Waals surface area (Å²) in [5.41, 5.74) is 6.64. The Balaban J connectivity index is 1.88. The van der Waals surface area contributed by atoms with Crippen LogP contribution >= 0.6 is 0 Å². The Bertz CT molecular complexity index is 477. The van der Waals surface area contributed by atoms with E-state index in [1.807, 2.05) is 0 Å². The van der Waals surface area contributed by atoms with Gasteiger partial charge in [0.1, 0.15) is 0 Å². The number of hydrogen-bond acceptors (Lipinski definition) is 3. The van der Waals surface area contributed by atoms with Crippen molar-refractivity contribution in [3.05, 3.63) is 42.5 Å². The van der Waals surface area contributed by atoms with Gasteiger partial charge in [-0.15, -0.1) is 0 Å². The van der Waals surface area contributed by atoms with Crippen molar-refractivity contribution in [2.45, 2.75) is 6.42 Å². The molecule has 3 nitrogen and oxygen atoms in total. The largest absolute Gasteiger partial charge is 0.383 e. The van der Waals surface area contributed by atoms with E-state index in [4.69, 9.17) is 5.73 Å².